The van der Waals surface area contributed by atoms with Crippen LogP contribution in [0.15, 0.2) is 45.8 Å². The quantitative estimate of drug-likeness (QED) is 0.252. The predicted molar refractivity (Wildman–Crippen MR) is 89.8 cm³/mol. The van der Waals surface area contributed by atoms with E-state index in [0.717, 1.165) is 5.56 Å². The number of aliphatic hydroxyl groups is 1. The van der Waals surface area contributed by atoms with Gasteiger partial charge in [0, 0.05) is 5.28 Å². The van der Waals surface area contributed by atoms with Gasteiger partial charge < -0.3 is 15.8 Å². The third-order valence-corrected chi connectivity index (χ3v) is 6.51. The first-order valence-electron chi connectivity index (χ1n) is 7.50. The van der Waals surface area contributed by atoms with Crippen molar-refractivity contribution < 1.29 is 18.4 Å². The number of rotatable bonds is 7. The number of hydrazone groups is 1. The van der Waals surface area contributed by atoms with Gasteiger partial charge in [-0.1, -0.05) is 35.4 Å². The second kappa shape index (κ2) is 6.86. The Morgan fingerprint density at radius 2 is 1.96 bits per heavy atom. The molecule has 0 heterocycles. The highest BCUT2D eigenvalue weighted by Crippen LogP contribution is 2.46. The number of hydrogen-bond acceptors (Lipinski definition) is 7. The van der Waals surface area contributed by atoms with Crippen molar-refractivity contribution in [2.75, 3.05) is 5.75 Å². The van der Waals surface area contributed by atoms with Crippen molar-refractivity contribution >= 4 is 15.7 Å². The van der Waals surface area contributed by atoms with Crippen LogP contribution in [-0.4, -0.2) is 35.5 Å². The lowest BCUT2D eigenvalue weighted by Gasteiger charge is -2.21. The maximum absolute atomic E-state index is 12.5. The zero-order valence-corrected chi connectivity index (χ0v) is 14.5. The lowest BCUT2D eigenvalue weighted by atomic mass is 10.2. The van der Waals surface area contributed by atoms with Gasteiger partial charge in [0.2, 0.25) is 0 Å². The van der Waals surface area contributed by atoms with Crippen LogP contribution >= 0.6 is 0 Å². The molecule has 1 saturated carbocycles. The molecule has 0 spiro atoms. The van der Waals surface area contributed by atoms with Crippen molar-refractivity contribution in [2.24, 2.45) is 21.3 Å². The minimum Gasteiger partial charge on any atom is -0.389 e. The average molecular weight is 354 g/mol. The minimum atomic E-state index is -3.68. The number of sulfone groups is 1. The van der Waals surface area contributed by atoms with Crippen LogP contribution < -0.4 is 5.84 Å². The van der Waals surface area contributed by atoms with Crippen molar-refractivity contribution in [1.82, 2.24) is 0 Å². The van der Waals surface area contributed by atoms with Crippen molar-refractivity contribution in [3.63, 3.8) is 0 Å². The fourth-order valence-electron chi connectivity index (χ4n) is 2.37. The van der Waals surface area contributed by atoms with E-state index in [1.54, 1.807) is 0 Å². The number of nitrogens with two attached hydrogens (primary N) is 1. The topological polar surface area (TPSA) is 127 Å². The number of benzene rings is 1. The van der Waals surface area contributed by atoms with E-state index in [2.05, 4.69) is 15.5 Å². The van der Waals surface area contributed by atoms with E-state index in [1.165, 1.54) is 13.8 Å². The van der Waals surface area contributed by atoms with Crippen LogP contribution in [0.3, 0.4) is 0 Å². The van der Waals surface area contributed by atoms with Gasteiger partial charge in [-0.15, -0.1) is 0 Å². The highest BCUT2D eigenvalue weighted by molar-refractivity contribution is 7.94. The Kier molecular flexibility index (Phi) is 5.24. The Labute approximate surface area is 141 Å². The molecule has 9 heteroatoms. The largest absolute Gasteiger partial charge is 0.389 e. The van der Waals surface area contributed by atoms with Crippen LogP contribution in [0.5, 0.6) is 0 Å². The second-order valence-corrected chi connectivity index (χ2v) is 8.76. The van der Waals surface area contributed by atoms with E-state index in [4.69, 9.17) is 10.7 Å². The predicted octanol–water partition coefficient (Wildman–Crippen LogP) is 1.56. The molecule has 0 saturated heterocycles. The van der Waals surface area contributed by atoms with Crippen LogP contribution in [0.25, 0.3) is 0 Å². The van der Waals surface area contributed by atoms with Crippen LogP contribution in [0.1, 0.15) is 32.3 Å². The molecule has 1 aliphatic carbocycles. The summed E-state index contributed by atoms with van der Waals surface area (Å²) >= 11 is 0. The van der Waals surface area contributed by atoms with Gasteiger partial charge in [0.15, 0.2) is 15.7 Å². The van der Waals surface area contributed by atoms with Gasteiger partial charge in [0.1, 0.15) is 11.4 Å². The third kappa shape index (κ3) is 4.30. The first-order valence-corrected chi connectivity index (χ1v) is 9.15. The second-order valence-electron chi connectivity index (χ2n) is 6.46. The van der Waals surface area contributed by atoms with Crippen LogP contribution in [-0.2, 0) is 21.3 Å². The molecule has 0 amide bonds. The van der Waals surface area contributed by atoms with Gasteiger partial charge >= 0.3 is 0 Å². The first kappa shape index (κ1) is 18.3. The summed E-state index contributed by atoms with van der Waals surface area (Å²) in [5.41, 5.74) is -0.451. The molecule has 0 bridgehead atoms. The summed E-state index contributed by atoms with van der Waals surface area (Å²) in [4.78, 5) is 5.07. The molecule has 0 aliphatic heterocycles. The van der Waals surface area contributed by atoms with Crippen molar-refractivity contribution in [3.05, 3.63) is 35.9 Å². The molecule has 1 aliphatic rings. The summed E-state index contributed by atoms with van der Waals surface area (Å²) in [6, 6.07) is 9.35. The fourth-order valence-corrected chi connectivity index (χ4v) is 4.67. The van der Waals surface area contributed by atoms with E-state index < -0.39 is 25.9 Å². The molecule has 2 rings (SSSR count). The number of nitrogens with zero attached hydrogens (tertiary/aromatic N) is 3. The maximum Gasteiger partial charge on any atom is 0.194 e. The number of amidine groups is 1. The van der Waals surface area contributed by atoms with Gasteiger partial charge in [0.05, 0.1) is 11.4 Å². The smallest absolute Gasteiger partial charge is 0.194 e. The zero-order chi connectivity index (χ0) is 17.8. The summed E-state index contributed by atoms with van der Waals surface area (Å²) in [5.74, 6) is 4.80. The normalized spacial score (nSPS) is 17.9. The van der Waals surface area contributed by atoms with E-state index in [-0.39, 0.29) is 12.4 Å². The zero-order valence-electron chi connectivity index (χ0n) is 13.7. The van der Waals surface area contributed by atoms with E-state index in [9.17, 15) is 13.5 Å². The Morgan fingerprint density at radius 1 is 1.33 bits per heavy atom. The Hall–Kier alpha value is -2.00. The molecule has 0 radical (unpaired) electrons. The lowest BCUT2D eigenvalue weighted by molar-refractivity contribution is 0.105. The van der Waals surface area contributed by atoms with Crippen LogP contribution in [0, 0.1) is 0 Å². The molecule has 0 unspecified atom stereocenters. The molecular weight excluding hydrogens is 332 g/mol. The van der Waals surface area contributed by atoms with Gasteiger partial charge in [-0.2, -0.15) is 5.10 Å². The van der Waals surface area contributed by atoms with Gasteiger partial charge in [0.25, 0.3) is 0 Å². The SMILES string of the molecule is CC(C)(O)CS(=O)(=O)C1(C(N=NOCc2ccccc2)=NN)CC1. The third-order valence-electron chi connectivity index (χ3n) is 3.64. The first-order chi connectivity index (χ1) is 11.2. The van der Waals surface area contributed by atoms with Crippen molar-refractivity contribution in [2.45, 2.75) is 43.6 Å². The molecule has 0 aromatic heterocycles. The molecule has 3 N–H and O–H groups in total. The van der Waals surface area contributed by atoms with Gasteiger partial charge in [-0.25, -0.2) is 8.42 Å². The monoisotopic (exact) mass is 354 g/mol. The molecule has 1 fully saturated rings. The van der Waals surface area contributed by atoms with Crippen molar-refractivity contribution in [1.29, 1.82) is 0 Å². The van der Waals surface area contributed by atoms with E-state index >= 15 is 0 Å². The average Bonchev–Trinajstić information content (AvgIpc) is 3.28. The summed E-state index contributed by atoms with van der Waals surface area (Å²) in [7, 11) is -3.68. The van der Waals surface area contributed by atoms with Crippen LogP contribution in [0.4, 0.5) is 0 Å². The van der Waals surface area contributed by atoms with Crippen LogP contribution in [0.2, 0.25) is 0 Å². The molecule has 24 heavy (non-hydrogen) atoms. The highest BCUT2D eigenvalue weighted by Gasteiger charge is 2.60. The molecule has 8 nitrogen and oxygen atoms in total. The minimum absolute atomic E-state index is 0.0974. The lowest BCUT2D eigenvalue weighted by Crippen LogP contribution is -2.41. The highest BCUT2D eigenvalue weighted by atomic mass is 32.2. The van der Waals surface area contributed by atoms with Gasteiger partial charge in [-0.3, -0.25) is 0 Å². The van der Waals surface area contributed by atoms with Crippen molar-refractivity contribution in [3.8, 4) is 0 Å². The number of hydrogen-bond donors (Lipinski definition) is 2. The summed E-state index contributed by atoms with van der Waals surface area (Å²) in [6.45, 7) is 3.07. The maximum atomic E-state index is 12.5. The standard InChI is InChI=1S/C15H22N4O4S/c1-14(2,20)11-24(21,22)15(8-9-15)13(17-16)18-19-23-10-12-6-4-3-5-7-12/h3-7,20H,8-11,16H2,1-2H3. The summed E-state index contributed by atoms with van der Waals surface area (Å²) in [6.07, 6.45) is 0.693. The van der Waals surface area contributed by atoms with E-state index in [1.807, 2.05) is 30.3 Å². The Balaban J connectivity index is 2.04. The Bertz CT molecular complexity index is 720. The summed E-state index contributed by atoms with van der Waals surface area (Å²) in [5, 5.41) is 20.6. The molecule has 0 atom stereocenters. The summed E-state index contributed by atoms with van der Waals surface area (Å²) < 4.78 is 23.8. The molecule has 132 valence electrons. The molecule has 1 aromatic rings. The van der Waals surface area contributed by atoms with Gasteiger partial charge in [-0.05, 0) is 32.3 Å². The Morgan fingerprint density at radius 3 is 2.46 bits per heavy atom. The molecular formula is C15H22N4O4S. The fraction of sp³-hybridized carbons (Fsp3) is 0.533. The van der Waals surface area contributed by atoms with E-state index in [0.29, 0.717) is 12.8 Å². The molecule has 1 aromatic carbocycles.